The number of nitrogens with zero attached hydrogens (tertiary/aromatic N) is 1. The van der Waals surface area contributed by atoms with Crippen molar-refractivity contribution in [1.82, 2.24) is 10.2 Å². The predicted octanol–water partition coefficient (Wildman–Crippen LogP) is 0.738. The molecule has 0 aromatic carbocycles. The van der Waals surface area contributed by atoms with E-state index in [0.717, 1.165) is 46.0 Å². The van der Waals surface area contributed by atoms with E-state index in [4.69, 9.17) is 14.2 Å². The van der Waals surface area contributed by atoms with Crippen molar-refractivity contribution in [1.29, 1.82) is 0 Å². The molecule has 114 valence electrons. The zero-order valence-corrected chi connectivity index (χ0v) is 12.7. The Morgan fingerprint density at radius 2 is 1.95 bits per heavy atom. The second kappa shape index (κ2) is 10.6. The average molecular weight is 274 g/mol. The molecule has 2 atom stereocenters. The summed E-state index contributed by atoms with van der Waals surface area (Å²) < 4.78 is 15.9. The second-order valence-corrected chi connectivity index (χ2v) is 5.16. The third-order valence-electron chi connectivity index (χ3n) is 3.62. The number of hydrogen-bond acceptors (Lipinski definition) is 5. The van der Waals surface area contributed by atoms with Crippen molar-refractivity contribution in [3.05, 3.63) is 0 Å². The number of ether oxygens (including phenoxy) is 3. The van der Waals surface area contributed by atoms with Gasteiger partial charge in [-0.2, -0.15) is 0 Å². The fraction of sp³-hybridized carbons (Fsp3) is 1.00. The number of hydrogen-bond donors (Lipinski definition) is 1. The van der Waals surface area contributed by atoms with E-state index in [2.05, 4.69) is 17.1 Å². The van der Waals surface area contributed by atoms with Gasteiger partial charge in [0.1, 0.15) is 0 Å². The Balaban J connectivity index is 2.18. The zero-order chi connectivity index (χ0) is 13.9. The first-order chi connectivity index (χ1) is 9.27. The minimum absolute atomic E-state index is 0.415. The molecule has 0 aromatic rings. The summed E-state index contributed by atoms with van der Waals surface area (Å²) in [6.45, 7) is 8.54. The SMILES string of the molecule is COCCN(CCOC)C(C)CNCC1CCCO1. The predicted molar refractivity (Wildman–Crippen MR) is 76.6 cm³/mol. The molecule has 0 spiro atoms. The summed E-state index contributed by atoms with van der Waals surface area (Å²) in [4.78, 5) is 2.40. The Hall–Kier alpha value is -0.200. The highest BCUT2D eigenvalue weighted by Gasteiger charge is 2.17. The average Bonchev–Trinajstić information content (AvgIpc) is 2.92. The number of nitrogens with one attached hydrogen (secondary N) is 1. The van der Waals surface area contributed by atoms with Crippen LogP contribution in [0.5, 0.6) is 0 Å². The van der Waals surface area contributed by atoms with E-state index < -0.39 is 0 Å². The number of rotatable bonds is 11. The Morgan fingerprint density at radius 1 is 1.26 bits per heavy atom. The molecule has 1 aliphatic heterocycles. The smallest absolute Gasteiger partial charge is 0.0700 e. The van der Waals surface area contributed by atoms with Gasteiger partial charge in [0.2, 0.25) is 0 Å². The maximum Gasteiger partial charge on any atom is 0.0700 e. The van der Waals surface area contributed by atoms with Crippen molar-refractivity contribution in [2.45, 2.75) is 31.9 Å². The van der Waals surface area contributed by atoms with E-state index in [1.54, 1.807) is 14.2 Å². The standard InChI is InChI=1S/C14H30N2O3/c1-13(11-15-12-14-5-4-8-19-14)16(6-9-17-2)7-10-18-3/h13-15H,4-12H2,1-3H3. The first kappa shape index (κ1) is 16.9. The van der Waals surface area contributed by atoms with E-state index >= 15 is 0 Å². The molecule has 1 heterocycles. The summed E-state index contributed by atoms with van der Waals surface area (Å²) in [6.07, 6.45) is 2.81. The third-order valence-corrected chi connectivity index (χ3v) is 3.62. The fourth-order valence-corrected chi connectivity index (χ4v) is 2.36. The lowest BCUT2D eigenvalue weighted by molar-refractivity contribution is 0.0858. The molecule has 5 heteroatoms. The molecule has 0 bridgehead atoms. The van der Waals surface area contributed by atoms with Crippen LogP contribution in [-0.4, -0.2) is 77.3 Å². The second-order valence-electron chi connectivity index (χ2n) is 5.16. The molecule has 1 aliphatic rings. The van der Waals surface area contributed by atoms with Gasteiger partial charge in [0.15, 0.2) is 0 Å². The van der Waals surface area contributed by atoms with Crippen LogP contribution < -0.4 is 5.32 Å². The van der Waals surface area contributed by atoms with Gasteiger partial charge < -0.3 is 19.5 Å². The summed E-state index contributed by atoms with van der Waals surface area (Å²) in [5.74, 6) is 0. The van der Waals surface area contributed by atoms with E-state index in [-0.39, 0.29) is 0 Å². The van der Waals surface area contributed by atoms with Crippen LogP contribution in [0.15, 0.2) is 0 Å². The molecule has 0 aliphatic carbocycles. The van der Waals surface area contributed by atoms with Gasteiger partial charge in [0, 0.05) is 53.0 Å². The van der Waals surface area contributed by atoms with Crippen molar-refractivity contribution in [2.75, 3.05) is 60.2 Å². The summed E-state index contributed by atoms with van der Waals surface area (Å²) in [5.41, 5.74) is 0. The largest absolute Gasteiger partial charge is 0.383 e. The van der Waals surface area contributed by atoms with Crippen LogP contribution in [0.1, 0.15) is 19.8 Å². The summed E-state index contributed by atoms with van der Waals surface area (Å²) in [6, 6.07) is 0.478. The Bertz CT molecular complexity index is 203. The van der Waals surface area contributed by atoms with Gasteiger partial charge >= 0.3 is 0 Å². The van der Waals surface area contributed by atoms with Crippen LogP contribution in [-0.2, 0) is 14.2 Å². The minimum Gasteiger partial charge on any atom is -0.383 e. The normalized spacial score (nSPS) is 21.2. The summed E-state index contributed by atoms with van der Waals surface area (Å²) in [5, 5.41) is 3.51. The molecule has 1 saturated heterocycles. The first-order valence-electron chi connectivity index (χ1n) is 7.32. The highest BCUT2D eigenvalue weighted by molar-refractivity contribution is 4.73. The molecular weight excluding hydrogens is 244 g/mol. The minimum atomic E-state index is 0.415. The van der Waals surface area contributed by atoms with Gasteiger partial charge in [-0.1, -0.05) is 0 Å². The van der Waals surface area contributed by atoms with Gasteiger partial charge in [-0.05, 0) is 19.8 Å². The van der Waals surface area contributed by atoms with Crippen molar-refractivity contribution in [2.24, 2.45) is 0 Å². The van der Waals surface area contributed by atoms with Crippen LogP contribution in [0.25, 0.3) is 0 Å². The lowest BCUT2D eigenvalue weighted by Crippen LogP contribution is -2.44. The zero-order valence-electron chi connectivity index (χ0n) is 12.7. The molecule has 0 amide bonds. The first-order valence-corrected chi connectivity index (χ1v) is 7.32. The maximum absolute atomic E-state index is 5.61. The van der Waals surface area contributed by atoms with Crippen LogP contribution in [0, 0.1) is 0 Å². The van der Waals surface area contributed by atoms with Crippen LogP contribution in [0.2, 0.25) is 0 Å². The van der Waals surface area contributed by atoms with Gasteiger partial charge in [-0.3, -0.25) is 4.90 Å². The fourth-order valence-electron chi connectivity index (χ4n) is 2.36. The van der Waals surface area contributed by atoms with Crippen LogP contribution in [0.3, 0.4) is 0 Å². The van der Waals surface area contributed by atoms with E-state index in [9.17, 15) is 0 Å². The van der Waals surface area contributed by atoms with Gasteiger partial charge in [0.25, 0.3) is 0 Å². The van der Waals surface area contributed by atoms with Crippen LogP contribution in [0.4, 0.5) is 0 Å². The van der Waals surface area contributed by atoms with Crippen LogP contribution >= 0.6 is 0 Å². The molecule has 1 N–H and O–H groups in total. The molecule has 19 heavy (non-hydrogen) atoms. The van der Waals surface area contributed by atoms with Gasteiger partial charge in [0.05, 0.1) is 19.3 Å². The van der Waals surface area contributed by atoms with Gasteiger partial charge in [-0.25, -0.2) is 0 Å². The summed E-state index contributed by atoms with van der Waals surface area (Å²) >= 11 is 0. The molecule has 5 nitrogen and oxygen atoms in total. The Kier molecular flexibility index (Phi) is 9.38. The quantitative estimate of drug-likeness (QED) is 0.602. The van der Waals surface area contributed by atoms with E-state index in [1.807, 2.05) is 0 Å². The number of methoxy groups -OCH3 is 2. The maximum atomic E-state index is 5.61. The molecule has 1 fully saturated rings. The third kappa shape index (κ3) is 7.22. The molecule has 0 aromatic heterocycles. The van der Waals surface area contributed by atoms with Crippen molar-refractivity contribution in [3.8, 4) is 0 Å². The highest BCUT2D eigenvalue weighted by atomic mass is 16.5. The van der Waals surface area contributed by atoms with E-state index in [0.29, 0.717) is 12.1 Å². The van der Waals surface area contributed by atoms with Gasteiger partial charge in [-0.15, -0.1) is 0 Å². The van der Waals surface area contributed by atoms with Crippen molar-refractivity contribution >= 4 is 0 Å². The monoisotopic (exact) mass is 274 g/mol. The Labute approximate surface area is 117 Å². The molecule has 1 rings (SSSR count). The summed E-state index contributed by atoms with van der Waals surface area (Å²) in [7, 11) is 3.49. The highest BCUT2D eigenvalue weighted by Crippen LogP contribution is 2.10. The lowest BCUT2D eigenvalue weighted by atomic mass is 10.2. The topological polar surface area (TPSA) is 43.0 Å². The molecular formula is C14H30N2O3. The van der Waals surface area contributed by atoms with Crippen molar-refractivity contribution < 1.29 is 14.2 Å². The Morgan fingerprint density at radius 3 is 2.47 bits per heavy atom. The van der Waals surface area contributed by atoms with Crippen molar-refractivity contribution in [3.63, 3.8) is 0 Å². The van der Waals surface area contributed by atoms with E-state index in [1.165, 1.54) is 12.8 Å². The lowest BCUT2D eigenvalue weighted by Gasteiger charge is -2.29. The molecule has 2 unspecified atom stereocenters. The molecule has 0 saturated carbocycles. The molecule has 0 radical (unpaired) electrons.